The Morgan fingerprint density at radius 1 is 1.24 bits per heavy atom. The maximum Gasteiger partial charge on any atom is 0.326 e. The molecule has 1 N–H and O–H groups in total. The Balaban J connectivity index is 1.64. The van der Waals surface area contributed by atoms with Gasteiger partial charge in [-0.25, -0.2) is 4.98 Å². The van der Waals surface area contributed by atoms with Gasteiger partial charge < -0.3 is 14.8 Å². The van der Waals surface area contributed by atoms with Gasteiger partial charge in [0.25, 0.3) is 11.5 Å². The highest BCUT2D eigenvalue weighted by atomic mass is 32.1. The van der Waals surface area contributed by atoms with E-state index in [-0.39, 0.29) is 12.1 Å². The second-order valence-electron chi connectivity index (χ2n) is 6.49. The van der Waals surface area contributed by atoms with E-state index in [9.17, 15) is 14.4 Å². The Bertz CT molecular complexity index is 1120. The Labute approximate surface area is 171 Å². The number of benzene rings is 1. The van der Waals surface area contributed by atoms with Gasteiger partial charge in [0.05, 0.1) is 18.8 Å². The highest BCUT2D eigenvalue weighted by Crippen LogP contribution is 2.25. The summed E-state index contributed by atoms with van der Waals surface area (Å²) in [4.78, 5) is 43.0. The summed E-state index contributed by atoms with van der Waals surface area (Å²) in [6.45, 7) is 4.91. The van der Waals surface area contributed by atoms with Crippen LogP contribution in [-0.2, 0) is 20.9 Å². The van der Waals surface area contributed by atoms with Crippen LogP contribution in [0.25, 0.3) is 10.2 Å². The van der Waals surface area contributed by atoms with Gasteiger partial charge in [-0.2, -0.15) is 0 Å². The Morgan fingerprint density at radius 3 is 2.59 bits per heavy atom. The molecule has 2 aromatic heterocycles. The SMILES string of the molecule is COc1ccc(NC(=O)[C@H](C)OC(=O)Cn2cnc3sc(C)c(C)c3c2=O)cc1. The van der Waals surface area contributed by atoms with Crippen LogP contribution >= 0.6 is 11.3 Å². The maximum absolute atomic E-state index is 12.6. The topological polar surface area (TPSA) is 99.5 Å². The third kappa shape index (κ3) is 4.45. The molecule has 0 aliphatic rings. The third-order valence-corrected chi connectivity index (χ3v) is 5.61. The number of esters is 1. The van der Waals surface area contributed by atoms with Crippen molar-refractivity contribution in [2.45, 2.75) is 33.4 Å². The molecule has 2 heterocycles. The molecule has 9 heteroatoms. The summed E-state index contributed by atoms with van der Waals surface area (Å²) in [6.07, 6.45) is 0.297. The van der Waals surface area contributed by atoms with Crippen molar-refractivity contribution in [1.29, 1.82) is 0 Å². The van der Waals surface area contributed by atoms with Crippen LogP contribution in [0.15, 0.2) is 35.4 Å². The Kier molecular flexibility index (Phi) is 5.97. The van der Waals surface area contributed by atoms with Crippen molar-refractivity contribution in [2.75, 3.05) is 12.4 Å². The van der Waals surface area contributed by atoms with E-state index >= 15 is 0 Å². The molecule has 0 aliphatic heterocycles. The number of carbonyl (C=O) groups excluding carboxylic acids is 2. The van der Waals surface area contributed by atoms with Crippen molar-refractivity contribution in [1.82, 2.24) is 9.55 Å². The van der Waals surface area contributed by atoms with Gasteiger partial charge in [-0.1, -0.05) is 0 Å². The summed E-state index contributed by atoms with van der Waals surface area (Å²) in [5.41, 5.74) is 1.11. The average Bonchev–Trinajstić information content (AvgIpc) is 2.99. The Hall–Kier alpha value is -3.20. The number of methoxy groups -OCH3 is 1. The lowest BCUT2D eigenvalue weighted by Gasteiger charge is -2.14. The molecule has 29 heavy (non-hydrogen) atoms. The summed E-state index contributed by atoms with van der Waals surface area (Å²) in [6, 6.07) is 6.76. The van der Waals surface area contributed by atoms with E-state index in [1.54, 1.807) is 31.4 Å². The van der Waals surface area contributed by atoms with Gasteiger partial charge in [0, 0.05) is 10.6 Å². The molecule has 152 valence electrons. The fourth-order valence-electron chi connectivity index (χ4n) is 2.73. The van der Waals surface area contributed by atoms with Gasteiger partial charge in [0.2, 0.25) is 0 Å². The van der Waals surface area contributed by atoms with Crippen molar-refractivity contribution >= 4 is 39.1 Å². The first-order chi connectivity index (χ1) is 13.8. The third-order valence-electron chi connectivity index (χ3n) is 4.49. The van der Waals surface area contributed by atoms with E-state index in [1.807, 2.05) is 13.8 Å². The van der Waals surface area contributed by atoms with Gasteiger partial charge in [-0.05, 0) is 50.6 Å². The number of nitrogens with one attached hydrogen (secondary N) is 1. The van der Waals surface area contributed by atoms with E-state index < -0.39 is 18.0 Å². The minimum atomic E-state index is -1.03. The fourth-order valence-corrected chi connectivity index (χ4v) is 3.72. The first-order valence-corrected chi connectivity index (χ1v) is 9.71. The van der Waals surface area contributed by atoms with Crippen LogP contribution in [0, 0.1) is 13.8 Å². The van der Waals surface area contributed by atoms with Gasteiger partial charge in [0.1, 0.15) is 17.1 Å². The zero-order chi connectivity index (χ0) is 21.1. The lowest BCUT2D eigenvalue weighted by Crippen LogP contribution is -2.33. The number of amides is 1. The molecule has 3 aromatic rings. The number of hydrogen-bond donors (Lipinski definition) is 1. The van der Waals surface area contributed by atoms with Crippen LogP contribution in [0.4, 0.5) is 5.69 Å². The van der Waals surface area contributed by atoms with Crippen LogP contribution < -0.4 is 15.6 Å². The highest BCUT2D eigenvalue weighted by Gasteiger charge is 2.20. The molecule has 0 bridgehead atoms. The molecule has 0 saturated carbocycles. The van der Waals surface area contributed by atoms with Crippen LogP contribution in [0.2, 0.25) is 0 Å². The molecular formula is C20H21N3O5S. The predicted molar refractivity (Wildman–Crippen MR) is 111 cm³/mol. The number of aromatic nitrogens is 2. The molecule has 1 amide bonds. The molecule has 0 aliphatic carbocycles. The van der Waals surface area contributed by atoms with Crippen molar-refractivity contribution in [3.05, 3.63) is 51.4 Å². The van der Waals surface area contributed by atoms with Gasteiger partial charge in [-0.15, -0.1) is 11.3 Å². The normalized spacial score (nSPS) is 11.9. The molecule has 0 fully saturated rings. The molecular weight excluding hydrogens is 394 g/mol. The summed E-state index contributed by atoms with van der Waals surface area (Å²) in [5, 5.41) is 3.16. The maximum atomic E-state index is 12.6. The van der Waals surface area contributed by atoms with E-state index in [4.69, 9.17) is 9.47 Å². The first kappa shape index (κ1) is 20.5. The van der Waals surface area contributed by atoms with Gasteiger partial charge >= 0.3 is 5.97 Å². The molecule has 0 radical (unpaired) electrons. The lowest BCUT2D eigenvalue weighted by molar-refractivity contribution is -0.153. The lowest BCUT2D eigenvalue weighted by atomic mass is 10.2. The molecule has 8 nitrogen and oxygen atoms in total. The zero-order valence-electron chi connectivity index (χ0n) is 16.5. The van der Waals surface area contributed by atoms with Crippen LogP contribution in [0.5, 0.6) is 5.75 Å². The van der Waals surface area contributed by atoms with Crippen molar-refractivity contribution in [3.8, 4) is 5.75 Å². The average molecular weight is 415 g/mol. The minimum Gasteiger partial charge on any atom is -0.497 e. The van der Waals surface area contributed by atoms with Crippen molar-refractivity contribution in [3.63, 3.8) is 0 Å². The monoisotopic (exact) mass is 415 g/mol. The molecule has 0 unspecified atom stereocenters. The predicted octanol–water partition coefficient (Wildman–Crippen LogP) is 2.65. The molecule has 1 aromatic carbocycles. The largest absolute Gasteiger partial charge is 0.497 e. The van der Waals surface area contributed by atoms with Crippen LogP contribution in [-0.4, -0.2) is 34.6 Å². The van der Waals surface area contributed by atoms with Crippen LogP contribution in [0.1, 0.15) is 17.4 Å². The smallest absolute Gasteiger partial charge is 0.326 e. The van der Waals surface area contributed by atoms with E-state index in [1.165, 1.54) is 29.2 Å². The number of hydrogen-bond acceptors (Lipinski definition) is 7. The molecule has 1 atom stereocenters. The number of rotatable bonds is 6. The first-order valence-electron chi connectivity index (χ1n) is 8.89. The Morgan fingerprint density at radius 2 is 1.93 bits per heavy atom. The van der Waals surface area contributed by atoms with Crippen LogP contribution in [0.3, 0.4) is 0 Å². The van der Waals surface area contributed by atoms with E-state index in [0.717, 1.165) is 10.4 Å². The second kappa shape index (κ2) is 8.44. The number of ether oxygens (including phenoxy) is 2. The zero-order valence-corrected chi connectivity index (χ0v) is 17.3. The summed E-state index contributed by atoms with van der Waals surface area (Å²) < 4.78 is 11.4. The summed E-state index contributed by atoms with van der Waals surface area (Å²) in [5.74, 6) is -0.515. The number of nitrogens with zero attached hydrogens (tertiary/aromatic N) is 2. The van der Waals surface area contributed by atoms with Gasteiger partial charge in [0.15, 0.2) is 6.10 Å². The number of aryl methyl sites for hydroxylation is 2. The number of carbonyl (C=O) groups is 2. The van der Waals surface area contributed by atoms with E-state index in [2.05, 4.69) is 10.3 Å². The quantitative estimate of drug-likeness (QED) is 0.622. The highest BCUT2D eigenvalue weighted by molar-refractivity contribution is 7.18. The van der Waals surface area contributed by atoms with Crippen molar-refractivity contribution in [2.24, 2.45) is 0 Å². The second-order valence-corrected chi connectivity index (χ2v) is 7.69. The van der Waals surface area contributed by atoms with E-state index in [0.29, 0.717) is 21.7 Å². The van der Waals surface area contributed by atoms with Crippen molar-refractivity contribution < 1.29 is 19.1 Å². The summed E-state index contributed by atoms with van der Waals surface area (Å²) >= 11 is 1.44. The number of thiophene rings is 1. The fraction of sp³-hybridized carbons (Fsp3) is 0.300. The number of fused-ring (bicyclic) bond motifs is 1. The number of anilines is 1. The standard InChI is InChI=1S/C20H21N3O5S/c1-11-13(3)29-19-17(11)20(26)23(10-21-19)9-16(24)28-12(2)18(25)22-14-5-7-15(27-4)8-6-14/h5-8,10,12H,9H2,1-4H3,(H,22,25)/t12-/m0/s1. The molecule has 0 saturated heterocycles. The molecule has 0 spiro atoms. The van der Waals surface area contributed by atoms with Gasteiger partial charge in [-0.3, -0.25) is 19.0 Å². The summed E-state index contributed by atoms with van der Waals surface area (Å²) in [7, 11) is 1.55. The molecule has 3 rings (SSSR count). The minimum absolute atomic E-state index is 0.302.